The van der Waals surface area contributed by atoms with Gasteiger partial charge < -0.3 is 4.74 Å². The molecule has 1 N–H and O–H groups in total. The number of ether oxygens (including phenoxy) is 1. The zero-order valence-corrected chi connectivity index (χ0v) is 13.6. The summed E-state index contributed by atoms with van der Waals surface area (Å²) >= 11 is 8.85. The first-order chi connectivity index (χ1) is 10.2. The summed E-state index contributed by atoms with van der Waals surface area (Å²) in [5, 5.41) is 7.19. The van der Waals surface area contributed by atoms with E-state index in [2.05, 4.69) is 26.1 Å². The maximum Gasteiger partial charge on any atom is 0.200 e. The van der Waals surface area contributed by atoms with Crippen molar-refractivity contribution in [3.05, 3.63) is 57.8 Å². The Labute approximate surface area is 135 Å². The van der Waals surface area contributed by atoms with Gasteiger partial charge in [0.15, 0.2) is 10.6 Å². The molecule has 0 amide bonds. The van der Waals surface area contributed by atoms with Gasteiger partial charge in [-0.1, -0.05) is 30.3 Å². The molecule has 0 spiro atoms. The lowest BCUT2D eigenvalue weighted by atomic mass is 10.2. The molecule has 0 aliphatic heterocycles. The smallest absolute Gasteiger partial charge is 0.200 e. The summed E-state index contributed by atoms with van der Waals surface area (Å²) in [7, 11) is 1.64. The van der Waals surface area contributed by atoms with Crippen LogP contribution in [-0.4, -0.2) is 21.9 Å². The zero-order chi connectivity index (χ0) is 14.8. The summed E-state index contributed by atoms with van der Waals surface area (Å²) < 4.78 is 8.57. The van der Waals surface area contributed by atoms with Gasteiger partial charge in [-0.25, -0.2) is 0 Å². The first kappa shape index (κ1) is 14.0. The van der Waals surface area contributed by atoms with E-state index in [1.165, 1.54) is 0 Å². The number of nitrogens with one attached hydrogen (secondary N) is 1. The summed E-state index contributed by atoms with van der Waals surface area (Å²) in [6.07, 6.45) is 0. The van der Waals surface area contributed by atoms with E-state index in [1.54, 1.807) is 7.11 Å². The van der Waals surface area contributed by atoms with Gasteiger partial charge in [0.05, 0.1) is 17.3 Å². The van der Waals surface area contributed by atoms with Crippen molar-refractivity contribution in [3.63, 3.8) is 0 Å². The molecule has 21 heavy (non-hydrogen) atoms. The third-order valence-corrected chi connectivity index (χ3v) is 3.99. The van der Waals surface area contributed by atoms with Crippen LogP contribution in [0.5, 0.6) is 5.75 Å². The molecule has 1 heterocycles. The summed E-state index contributed by atoms with van der Waals surface area (Å²) in [5.74, 6) is 1.55. The van der Waals surface area contributed by atoms with Gasteiger partial charge in [0.2, 0.25) is 0 Å². The summed E-state index contributed by atoms with van der Waals surface area (Å²) in [6, 6.07) is 15.7. The number of nitrogens with zero attached hydrogens (tertiary/aromatic N) is 2. The zero-order valence-electron chi connectivity index (χ0n) is 11.2. The molecule has 106 valence electrons. The normalized spacial score (nSPS) is 10.6. The molecule has 0 saturated carbocycles. The van der Waals surface area contributed by atoms with Crippen molar-refractivity contribution >= 4 is 28.1 Å². The van der Waals surface area contributed by atoms with Crippen LogP contribution < -0.4 is 4.74 Å². The number of hydrogen-bond acceptors (Lipinski definition) is 3. The Hall–Kier alpha value is -1.92. The van der Waals surface area contributed by atoms with Crippen LogP contribution in [0.3, 0.4) is 0 Å². The molecular formula is C15H12BrN3OS. The van der Waals surface area contributed by atoms with Crippen LogP contribution in [-0.2, 0) is 0 Å². The van der Waals surface area contributed by atoms with Gasteiger partial charge >= 0.3 is 0 Å². The molecule has 6 heteroatoms. The van der Waals surface area contributed by atoms with Gasteiger partial charge in [0, 0.05) is 5.56 Å². The summed E-state index contributed by atoms with van der Waals surface area (Å²) in [4.78, 5) is 0. The van der Waals surface area contributed by atoms with Gasteiger partial charge in [0.25, 0.3) is 0 Å². The van der Waals surface area contributed by atoms with Crippen LogP contribution in [0.15, 0.2) is 53.0 Å². The topological polar surface area (TPSA) is 42.8 Å². The summed E-state index contributed by atoms with van der Waals surface area (Å²) in [5.41, 5.74) is 1.91. The highest BCUT2D eigenvalue weighted by Gasteiger charge is 2.11. The molecule has 2 aromatic carbocycles. The van der Waals surface area contributed by atoms with E-state index >= 15 is 0 Å². The fourth-order valence-corrected chi connectivity index (χ4v) is 2.88. The van der Waals surface area contributed by atoms with Crippen LogP contribution in [0.25, 0.3) is 17.1 Å². The molecule has 1 aromatic heterocycles. The minimum absolute atomic E-state index is 0.547. The maximum absolute atomic E-state index is 5.36. The van der Waals surface area contributed by atoms with Gasteiger partial charge in [-0.2, -0.15) is 5.10 Å². The van der Waals surface area contributed by atoms with E-state index in [-0.39, 0.29) is 0 Å². The Morgan fingerprint density at radius 3 is 2.62 bits per heavy atom. The van der Waals surface area contributed by atoms with Crippen molar-refractivity contribution in [1.29, 1.82) is 0 Å². The number of aromatic nitrogens is 3. The van der Waals surface area contributed by atoms with Crippen molar-refractivity contribution in [2.75, 3.05) is 7.11 Å². The minimum atomic E-state index is 0.547. The number of hydrogen-bond donors (Lipinski definition) is 1. The Kier molecular flexibility index (Phi) is 3.90. The van der Waals surface area contributed by atoms with Crippen LogP contribution in [0.1, 0.15) is 0 Å². The third-order valence-electron chi connectivity index (χ3n) is 3.10. The van der Waals surface area contributed by atoms with Gasteiger partial charge in [-0.3, -0.25) is 9.67 Å². The van der Waals surface area contributed by atoms with Crippen LogP contribution in [0.4, 0.5) is 0 Å². The third kappa shape index (κ3) is 2.64. The van der Waals surface area contributed by atoms with E-state index < -0.39 is 0 Å². The molecule has 0 unspecified atom stereocenters. The first-order valence-electron chi connectivity index (χ1n) is 6.27. The lowest BCUT2D eigenvalue weighted by Gasteiger charge is -2.09. The minimum Gasteiger partial charge on any atom is -0.496 e. The van der Waals surface area contributed by atoms with E-state index in [4.69, 9.17) is 17.0 Å². The summed E-state index contributed by atoms with van der Waals surface area (Å²) in [6.45, 7) is 0. The highest BCUT2D eigenvalue weighted by molar-refractivity contribution is 9.10. The van der Waals surface area contributed by atoms with Gasteiger partial charge in [-0.05, 0) is 46.3 Å². The molecule has 0 fully saturated rings. The highest BCUT2D eigenvalue weighted by atomic mass is 79.9. The predicted molar refractivity (Wildman–Crippen MR) is 88.4 cm³/mol. The molecule has 4 nitrogen and oxygen atoms in total. The lowest BCUT2D eigenvalue weighted by molar-refractivity contribution is 0.412. The fraction of sp³-hybridized carbons (Fsp3) is 0.0667. The number of methoxy groups -OCH3 is 1. The number of H-pyrrole nitrogens is 1. The van der Waals surface area contributed by atoms with Crippen molar-refractivity contribution in [2.24, 2.45) is 0 Å². The predicted octanol–water partition coefficient (Wildman–Crippen LogP) is 4.37. The van der Waals surface area contributed by atoms with E-state index in [0.717, 1.165) is 27.3 Å². The standard InChI is InChI=1S/C15H12BrN3OS/c1-20-13-8-7-11(9-12(13)16)19-14(17-18-15(19)21)10-5-3-2-4-6-10/h2-9H,1H3,(H,18,21). The molecule has 0 aliphatic rings. The van der Waals surface area contributed by atoms with E-state index in [9.17, 15) is 0 Å². The molecule has 0 aliphatic carbocycles. The second-order valence-corrected chi connectivity index (χ2v) is 5.61. The monoisotopic (exact) mass is 361 g/mol. The number of aromatic amines is 1. The average Bonchev–Trinajstić information content (AvgIpc) is 2.90. The van der Waals surface area contributed by atoms with Crippen molar-refractivity contribution < 1.29 is 4.74 Å². The first-order valence-corrected chi connectivity index (χ1v) is 7.47. The maximum atomic E-state index is 5.36. The molecule has 0 atom stereocenters. The number of benzene rings is 2. The van der Waals surface area contributed by atoms with Crippen molar-refractivity contribution in [2.45, 2.75) is 0 Å². The quantitative estimate of drug-likeness (QED) is 0.704. The van der Waals surface area contributed by atoms with Gasteiger partial charge in [0.1, 0.15) is 5.75 Å². The molecular weight excluding hydrogens is 350 g/mol. The Balaban J connectivity index is 2.17. The highest BCUT2D eigenvalue weighted by Crippen LogP contribution is 2.29. The Morgan fingerprint density at radius 2 is 1.95 bits per heavy atom. The van der Waals surface area contributed by atoms with E-state index in [0.29, 0.717) is 4.77 Å². The Bertz CT molecular complexity index is 826. The molecule has 0 bridgehead atoms. The number of rotatable bonds is 3. The lowest BCUT2D eigenvalue weighted by Crippen LogP contribution is -1.98. The largest absolute Gasteiger partial charge is 0.496 e. The van der Waals surface area contributed by atoms with Crippen molar-refractivity contribution in [1.82, 2.24) is 14.8 Å². The molecule has 3 aromatic rings. The van der Waals surface area contributed by atoms with E-state index in [1.807, 2.05) is 53.1 Å². The average molecular weight is 362 g/mol. The number of halogens is 1. The molecule has 0 saturated heterocycles. The Morgan fingerprint density at radius 1 is 1.19 bits per heavy atom. The van der Waals surface area contributed by atoms with Gasteiger partial charge in [-0.15, -0.1) is 0 Å². The molecule has 3 rings (SSSR count). The molecule has 0 radical (unpaired) electrons. The van der Waals surface area contributed by atoms with Crippen LogP contribution >= 0.6 is 28.1 Å². The second kappa shape index (κ2) is 5.83. The fourth-order valence-electron chi connectivity index (χ4n) is 2.11. The van der Waals surface area contributed by atoms with Crippen LogP contribution in [0, 0.1) is 4.77 Å². The SMILES string of the molecule is COc1ccc(-n2c(-c3ccccc3)n[nH]c2=S)cc1Br. The second-order valence-electron chi connectivity index (χ2n) is 4.37. The van der Waals surface area contributed by atoms with Crippen LogP contribution in [0.2, 0.25) is 0 Å². The van der Waals surface area contributed by atoms with Crippen molar-refractivity contribution in [3.8, 4) is 22.8 Å².